The molecule has 1 N–H and O–H groups in total. The number of nitrogens with one attached hydrogen (secondary N) is 1. The standard InChI is InChI=1S/C5H7N2/c6-5-7-3-1-2-4-7/h1-4,6H,5H2/q+1. The summed E-state index contributed by atoms with van der Waals surface area (Å²) in [4.78, 5) is 0. The second kappa shape index (κ2) is 1.80. The molecule has 0 aromatic carbocycles. The van der Waals surface area contributed by atoms with Crippen molar-refractivity contribution < 1.29 is 4.58 Å². The summed E-state index contributed by atoms with van der Waals surface area (Å²) in [5.74, 6) is 0. The maximum atomic E-state index is 6.82. The molecule has 7 heavy (non-hydrogen) atoms. The molecule has 0 aromatic heterocycles. The van der Waals surface area contributed by atoms with Crippen LogP contribution in [0.5, 0.6) is 0 Å². The summed E-state index contributed by atoms with van der Waals surface area (Å²) >= 11 is 0. The summed E-state index contributed by atoms with van der Waals surface area (Å²) in [7, 11) is 0. The second-order valence-corrected chi connectivity index (χ2v) is 1.36. The molecular weight excluding hydrogens is 88.1 g/mol. The minimum Gasteiger partial charge on any atom is -0.617 e. The molecule has 0 bridgehead atoms. The SMILES string of the molecule is [NH-]C[N+]1=C[CH+]C=C1. The van der Waals surface area contributed by atoms with Gasteiger partial charge in [-0.25, -0.2) is 0 Å². The summed E-state index contributed by atoms with van der Waals surface area (Å²) < 4.78 is 1.79. The van der Waals surface area contributed by atoms with Crippen molar-refractivity contribution in [2.45, 2.75) is 0 Å². The third kappa shape index (κ3) is 0.810. The first-order chi connectivity index (χ1) is 3.43. The highest BCUT2D eigenvalue weighted by Crippen LogP contribution is 1.88. The van der Waals surface area contributed by atoms with E-state index in [1.54, 1.807) is 4.58 Å². The average Bonchev–Trinajstić information content (AvgIpc) is 2.14. The normalized spacial score (nSPS) is 16.4. The summed E-state index contributed by atoms with van der Waals surface area (Å²) in [5.41, 5.74) is 6.82. The molecule has 0 atom stereocenters. The fraction of sp³-hybridized carbons (Fsp3) is 0.200. The summed E-state index contributed by atoms with van der Waals surface area (Å²) in [6, 6.07) is 0. The molecule has 0 amide bonds. The Morgan fingerprint density at radius 2 is 2.57 bits per heavy atom. The Kier molecular flexibility index (Phi) is 1.13. The topological polar surface area (TPSA) is 26.8 Å². The largest absolute Gasteiger partial charge is 0.617 e. The van der Waals surface area contributed by atoms with Crippen LogP contribution in [-0.2, 0) is 0 Å². The van der Waals surface area contributed by atoms with Gasteiger partial charge in [-0.1, -0.05) is 0 Å². The van der Waals surface area contributed by atoms with E-state index in [0.29, 0.717) is 6.67 Å². The van der Waals surface area contributed by atoms with Crippen molar-refractivity contribution in [2.75, 3.05) is 6.67 Å². The Hall–Kier alpha value is -0.760. The number of hydrogen-bond acceptors (Lipinski definition) is 0. The van der Waals surface area contributed by atoms with E-state index >= 15 is 0 Å². The van der Waals surface area contributed by atoms with Gasteiger partial charge in [-0.2, -0.15) is 0 Å². The minimum atomic E-state index is 0.326. The Morgan fingerprint density at radius 3 is 2.86 bits per heavy atom. The number of hydrogen-bond donors (Lipinski definition) is 0. The number of nitrogens with zero attached hydrogens (tertiary/aromatic N) is 1. The zero-order valence-electron chi connectivity index (χ0n) is 3.96. The predicted molar refractivity (Wildman–Crippen MR) is 29.0 cm³/mol. The van der Waals surface area contributed by atoms with Gasteiger partial charge in [-0.05, 0) is 0 Å². The van der Waals surface area contributed by atoms with E-state index in [2.05, 4.69) is 0 Å². The monoisotopic (exact) mass is 95.1 g/mol. The number of allylic oxidation sites excluding steroid dienone is 1. The van der Waals surface area contributed by atoms with E-state index < -0.39 is 0 Å². The lowest BCUT2D eigenvalue weighted by molar-refractivity contribution is -0.436. The highest BCUT2D eigenvalue weighted by Gasteiger charge is 2.05. The van der Waals surface area contributed by atoms with Crippen LogP contribution < -0.4 is 0 Å². The molecule has 0 radical (unpaired) electrons. The maximum absolute atomic E-state index is 6.82. The lowest BCUT2D eigenvalue weighted by Gasteiger charge is -1.83. The third-order valence-electron chi connectivity index (χ3n) is 0.849. The Morgan fingerprint density at radius 1 is 1.71 bits per heavy atom. The average molecular weight is 95.1 g/mol. The van der Waals surface area contributed by atoms with Gasteiger partial charge >= 0.3 is 0 Å². The van der Waals surface area contributed by atoms with Crippen molar-refractivity contribution in [1.29, 1.82) is 0 Å². The van der Waals surface area contributed by atoms with E-state index in [0.717, 1.165) is 0 Å². The van der Waals surface area contributed by atoms with E-state index in [-0.39, 0.29) is 0 Å². The van der Waals surface area contributed by atoms with Crippen molar-refractivity contribution >= 4 is 6.21 Å². The van der Waals surface area contributed by atoms with Gasteiger partial charge in [-0.3, -0.25) is 0 Å². The number of rotatable bonds is 1. The summed E-state index contributed by atoms with van der Waals surface area (Å²) in [6.45, 7) is 0.326. The fourth-order valence-corrected chi connectivity index (χ4v) is 0.476. The van der Waals surface area contributed by atoms with Crippen LogP contribution in [0.3, 0.4) is 0 Å². The summed E-state index contributed by atoms with van der Waals surface area (Å²) in [5, 5.41) is 0. The molecule has 1 heterocycles. The summed E-state index contributed by atoms with van der Waals surface area (Å²) in [6.07, 6.45) is 7.56. The van der Waals surface area contributed by atoms with Crippen molar-refractivity contribution in [2.24, 2.45) is 0 Å². The van der Waals surface area contributed by atoms with Crippen LogP contribution in [0.15, 0.2) is 12.3 Å². The molecule has 36 valence electrons. The quantitative estimate of drug-likeness (QED) is 0.340. The molecule has 1 rings (SSSR count). The lowest BCUT2D eigenvalue weighted by atomic mass is 10.5. The van der Waals surface area contributed by atoms with Crippen LogP contribution in [-0.4, -0.2) is 17.5 Å². The van der Waals surface area contributed by atoms with Gasteiger partial charge in [-0.15, -0.1) is 4.58 Å². The third-order valence-corrected chi connectivity index (χ3v) is 0.849. The predicted octanol–water partition coefficient (Wildman–Crippen LogP) is 0.811. The zero-order chi connectivity index (χ0) is 5.11. The van der Waals surface area contributed by atoms with Crippen molar-refractivity contribution in [1.82, 2.24) is 0 Å². The second-order valence-electron chi connectivity index (χ2n) is 1.36. The molecule has 0 aromatic rings. The molecule has 2 heteroatoms. The molecule has 0 fully saturated rings. The Bertz CT molecular complexity index is 113. The van der Waals surface area contributed by atoms with Crippen LogP contribution in [0.1, 0.15) is 0 Å². The molecule has 2 nitrogen and oxygen atoms in total. The first-order valence-corrected chi connectivity index (χ1v) is 2.19. The van der Waals surface area contributed by atoms with Crippen molar-refractivity contribution in [3.8, 4) is 0 Å². The zero-order valence-corrected chi connectivity index (χ0v) is 3.96. The fourth-order valence-electron chi connectivity index (χ4n) is 0.476. The molecule has 0 aliphatic carbocycles. The first-order valence-electron chi connectivity index (χ1n) is 2.19. The van der Waals surface area contributed by atoms with Gasteiger partial charge in [0.2, 0.25) is 0 Å². The van der Waals surface area contributed by atoms with Gasteiger partial charge in [0, 0.05) is 0 Å². The molecule has 0 spiro atoms. The molecule has 0 unspecified atom stereocenters. The van der Waals surface area contributed by atoms with Gasteiger partial charge in [0.25, 0.3) is 12.4 Å². The van der Waals surface area contributed by atoms with Crippen LogP contribution in [0.25, 0.3) is 5.73 Å². The highest BCUT2D eigenvalue weighted by atomic mass is 15.0. The van der Waals surface area contributed by atoms with Gasteiger partial charge in [0.05, 0.1) is 6.67 Å². The molecule has 0 saturated heterocycles. The van der Waals surface area contributed by atoms with Gasteiger partial charge in [0.15, 0.2) is 6.08 Å². The lowest BCUT2D eigenvalue weighted by Crippen LogP contribution is -1.97. The molecule has 1 aliphatic rings. The maximum Gasteiger partial charge on any atom is 0.293 e. The van der Waals surface area contributed by atoms with Crippen LogP contribution in [0.4, 0.5) is 0 Å². The first kappa shape index (κ1) is 4.40. The van der Waals surface area contributed by atoms with E-state index in [4.69, 9.17) is 5.73 Å². The van der Waals surface area contributed by atoms with Gasteiger partial charge < -0.3 is 5.73 Å². The smallest absolute Gasteiger partial charge is 0.293 e. The van der Waals surface area contributed by atoms with Crippen LogP contribution in [0.2, 0.25) is 0 Å². The van der Waals surface area contributed by atoms with Gasteiger partial charge in [0.1, 0.15) is 6.42 Å². The molecule has 0 saturated carbocycles. The minimum absolute atomic E-state index is 0.326. The Balaban J connectivity index is 2.52. The van der Waals surface area contributed by atoms with Crippen LogP contribution in [0, 0.1) is 6.42 Å². The van der Waals surface area contributed by atoms with Crippen LogP contribution >= 0.6 is 0 Å². The van der Waals surface area contributed by atoms with Crippen molar-refractivity contribution in [3.05, 3.63) is 24.4 Å². The van der Waals surface area contributed by atoms with E-state index in [9.17, 15) is 0 Å². The van der Waals surface area contributed by atoms with Crippen molar-refractivity contribution in [3.63, 3.8) is 0 Å². The highest BCUT2D eigenvalue weighted by molar-refractivity contribution is 5.67. The van der Waals surface area contributed by atoms with E-state index in [1.807, 2.05) is 24.9 Å². The molecule has 1 aliphatic heterocycles. The Labute approximate surface area is 42.9 Å². The van der Waals surface area contributed by atoms with E-state index in [1.165, 1.54) is 0 Å². The molecular formula is C5H7N2+.